The highest BCUT2D eigenvalue weighted by molar-refractivity contribution is 7.89. The molecule has 6 rings (SSSR count). The van der Waals surface area contributed by atoms with Crippen LogP contribution in [0.25, 0.3) is 0 Å². The van der Waals surface area contributed by atoms with E-state index in [1.54, 1.807) is 29.3 Å². The van der Waals surface area contributed by atoms with Crippen LogP contribution in [-0.2, 0) is 34.8 Å². The number of fused-ring (bicyclic) bond motifs is 1. The lowest BCUT2D eigenvalue weighted by Crippen LogP contribution is -2.34. The zero-order valence-electron chi connectivity index (χ0n) is 22.5. The van der Waals surface area contributed by atoms with Crippen molar-refractivity contribution in [2.24, 2.45) is 13.0 Å². The molecule has 4 aromatic rings. The average molecular weight is 593 g/mol. The van der Waals surface area contributed by atoms with Gasteiger partial charge in [0.05, 0.1) is 11.4 Å². The molecular formula is C31H30ClFN4O3S. The van der Waals surface area contributed by atoms with Crippen LogP contribution in [0.15, 0.2) is 84.0 Å². The number of benzene rings is 3. The van der Waals surface area contributed by atoms with E-state index in [1.807, 2.05) is 42.1 Å². The number of nitrogens with zero attached hydrogens (tertiary/aromatic N) is 3. The Hall–Kier alpha value is -3.53. The predicted octanol–water partition coefficient (Wildman–Crippen LogP) is 5.91. The summed E-state index contributed by atoms with van der Waals surface area (Å²) in [7, 11) is -1.94. The molecule has 41 heavy (non-hydrogen) atoms. The summed E-state index contributed by atoms with van der Waals surface area (Å²) in [6.07, 6.45) is 6.46. The van der Waals surface area contributed by atoms with Gasteiger partial charge in [0.1, 0.15) is 11.6 Å². The molecule has 0 saturated heterocycles. The number of carbonyl (C=O) groups excluding carboxylic acids is 1. The minimum Gasteiger partial charge on any atom is -0.337 e. The molecule has 1 aromatic heterocycles. The maximum absolute atomic E-state index is 14.0. The van der Waals surface area contributed by atoms with Crippen LogP contribution in [0.4, 0.5) is 10.1 Å². The number of anilines is 1. The van der Waals surface area contributed by atoms with Gasteiger partial charge in [0, 0.05) is 42.1 Å². The van der Waals surface area contributed by atoms with E-state index in [2.05, 4.69) is 9.71 Å². The van der Waals surface area contributed by atoms with Crippen LogP contribution in [0, 0.1) is 11.7 Å². The summed E-state index contributed by atoms with van der Waals surface area (Å²) < 4.78 is 45.1. The Morgan fingerprint density at radius 3 is 2.73 bits per heavy atom. The molecule has 3 atom stereocenters. The third kappa shape index (κ3) is 5.80. The largest absolute Gasteiger partial charge is 0.337 e. The highest BCUT2D eigenvalue weighted by atomic mass is 35.5. The summed E-state index contributed by atoms with van der Waals surface area (Å²) in [5.41, 5.74) is 3.40. The molecule has 0 radical (unpaired) electrons. The van der Waals surface area contributed by atoms with E-state index < -0.39 is 16.1 Å². The van der Waals surface area contributed by atoms with E-state index >= 15 is 0 Å². The fraction of sp³-hybridized carbons (Fsp3) is 0.290. The topological polar surface area (TPSA) is 84.3 Å². The number of halogens is 2. The Labute approximate surface area is 244 Å². The van der Waals surface area contributed by atoms with Crippen molar-refractivity contribution in [3.63, 3.8) is 0 Å². The van der Waals surface area contributed by atoms with Crippen molar-refractivity contribution in [3.8, 4) is 0 Å². The van der Waals surface area contributed by atoms with Crippen LogP contribution in [0.1, 0.15) is 53.7 Å². The van der Waals surface area contributed by atoms with Gasteiger partial charge >= 0.3 is 0 Å². The van der Waals surface area contributed by atoms with Gasteiger partial charge in [-0.1, -0.05) is 35.9 Å². The zero-order chi connectivity index (χ0) is 28.7. The lowest BCUT2D eigenvalue weighted by atomic mass is 9.87. The van der Waals surface area contributed by atoms with Gasteiger partial charge in [-0.3, -0.25) is 4.79 Å². The Kier molecular flexibility index (Phi) is 7.44. The van der Waals surface area contributed by atoms with Crippen molar-refractivity contribution in [1.82, 2.24) is 14.3 Å². The molecule has 2 aliphatic carbocycles. The smallest absolute Gasteiger partial charge is 0.241 e. The first-order valence-electron chi connectivity index (χ1n) is 13.6. The van der Waals surface area contributed by atoms with Gasteiger partial charge in [0.2, 0.25) is 15.9 Å². The SMILES string of the molecule is Cn1ccnc1CN(C(=O)[C@H]1C[C@@H]1c1cccc(F)c1)c1ccc2c(c1)C(NS(=O)(=O)c1cccc(Cl)c1)CCC2. The molecular weight excluding hydrogens is 563 g/mol. The number of sulfonamides is 1. The summed E-state index contributed by atoms with van der Waals surface area (Å²) >= 11 is 6.06. The first-order valence-corrected chi connectivity index (χ1v) is 15.5. The maximum Gasteiger partial charge on any atom is 0.241 e. The van der Waals surface area contributed by atoms with E-state index in [0.29, 0.717) is 23.6 Å². The normalized spacial score (nSPS) is 19.9. The number of rotatable bonds is 8. The number of amides is 1. The first-order chi connectivity index (χ1) is 19.7. The maximum atomic E-state index is 14.0. The van der Waals surface area contributed by atoms with Gasteiger partial charge in [0.25, 0.3) is 0 Å². The summed E-state index contributed by atoms with van der Waals surface area (Å²) in [5, 5.41) is 0.347. The summed E-state index contributed by atoms with van der Waals surface area (Å²) in [6, 6.07) is 18.0. The molecule has 3 aromatic carbocycles. The van der Waals surface area contributed by atoms with Crippen molar-refractivity contribution >= 4 is 33.2 Å². The minimum atomic E-state index is -3.83. The third-order valence-electron chi connectivity index (χ3n) is 8.03. The highest BCUT2D eigenvalue weighted by Gasteiger charge is 2.46. The fourth-order valence-corrected chi connectivity index (χ4v) is 7.28. The van der Waals surface area contributed by atoms with Gasteiger partial charge in [-0.2, -0.15) is 0 Å². The Morgan fingerprint density at radius 1 is 1.15 bits per heavy atom. The monoisotopic (exact) mass is 592 g/mol. The van der Waals surface area contributed by atoms with Gasteiger partial charge in [-0.05, 0) is 90.8 Å². The third-order valence-corrected chi connectivity index (χ3v) is 9.73. The molecule has 1 unspecified atom stereocenters. The van der Waals surface area contributed by atoms with Crippen molar-refractivity contribution in [2.75, 3.05) is 4.90 Å². The molecule has 0 aliphatic heterocycles. The quantitative estimate of drug-likeness (QED) is 0.276. The Morgan fingerprint density at radius 2 is 1.98 bits per heavy atom. The lowest BCUT2D eigenvalue weighted by molar-refractivity contribution is -0.120. The average Bonchev–Trinajstić information content (AvgIpc) is 3.66. The van der Waals surface area contributed by atoms with E-state index in [0.717, 1.165) is 35.4 Å². The van der Waals surface area contributed by atoms with Gasteiger partial charge < -0.3 is 9.47 Å². The number of aromatic nitrogens is 2. The second-order valence-corrected chi connectivity index (χ2v) is 12.9. The molecule has 0 bridgehead atoms. The van der Waals surface area contributed by atoms with Crippen LogP contribution in [0.5, 0.6) is 0 Å². The van der Waals surface area contributed by atoms with E-state index in [9.17, 15) is 17.6 Å². The van der Waals surface area contributed by atoms with Crippen molar-refractivity contribution in [1.29, 1.82) is 0 Å². The standard InChI is InChI=1S/C31H30ClFN4O3S/c1-36-14-13-34-30(36)19-37(31(38)28-18-26(28)21-6-2-8-23(33)15-21)24-12-11-20-5-3-10-29(27(20)17-24)35-41(39,40)25-9-4-7-22(32)16-25/h2,4,6-9,11-17,26,28-29,35H,3,5,10,18-19H2,1H3/t26-,28+,29?/m1/s1. The molecule has 0 spiro atoms. The molecule has 10 heteroatoms. The summed E-state index contributed by atoms with van der Waals surface area (Å²) in [6.45, 7) is 0.256. The van der Waals surface area contributed by atoms with Crippen LogP contribution in [-0.4, -0.2) is 23.9 Å². The molecule has 1 N–H and O–H groups in total. The fourth-order valence-electron chi connectivity index (χ4n) is 5.73. The zero-order valence-corrected chi connectivity index (χ0v) is 24.1. The number of hydrogen-bond acceptors (Lipinski definition) is 4. The second kappa shape index (κ2) is 11.0. The van der Waals surface area contributed by atoms with Gasteiger partial charge in [-0.15, -0.1) is 0 Å². The number of imidazole rings is 1. The van der Waals surface area contributed by atoms with Gasteiger partial charge in [0.15, 0.2) is 0 Å². The Balaban J connectivity index is 1.32. The van der Waals surface area contributed by atoms with E-state index in [1.165, 1.54) is 24.3 Å². The summed E-state index contributed by atoms with van der Waals surface area (Å²) in [4.78, 5) is 20.3. The van der Waals surface area contributed by atoms with E-state index in [-0.39, 0.29) is 35.0 Å². The van der Waals surface area contributed by atoms with Gasteiger partial charge in [-0.25, -0.2) is 22.5 Å². The second-order valence-electron chi connectivity index (χ2n) is 10.8. The lowest BCUT2D eigenvalue weighted by Gasteiger charge is -2.29. The molecule has 1 heterocycles. The van der Waals surface area contributed by atoms with Crippen LogP contribution >= 0.6 is 11.6 Å². The molecule has 1 fully saturated rings. The summed E-state index contributed by atoms with van der Waals surface area (Å²) in [5.74, 6) is 0.0277. The van der Waals surface area contributed by atoms with E-state index in [4.69, 9.17) is 11.6 Å². The Bertz CT molecular complexity index is 1720. The number of aryl methyl sites for hydroxylation is 2. The van der Waals surface area contributed by atoms with Crippen molar-refractivity contribution in [3.05, 3.63) is 112 Å². The number of nitrogens with one attached hydrogen (secondary N) is 1. The predicted molar refractivity (Wildman–Crippen MR) is 156 cm³/mol. The first kappa shape index (κ1) is 27.6. The molecule has 7 nitrogen and oxygen atoms in total. The molecule has 1 saturated carbocycles. The van der Waals surface area contributed by atoms with Crippen LogP contribution in [0.2, 0.25) is 5.02 Å². The molecule has 212 valence electrons. The highest BCUT2D eigenvalue weighted by Crippen LogP contribution is 2.49. The van der Waals surface area contributed by atoms with Crippen molar-refractivity contribution in [2.45, 2.75) is 49.1 Å². The molecule has 1 amide bonds. The number of hydrogen-bond donors (Lipinski definition) is 1. The molecule has 2 aliphatic rings. The number of carbonyl (C=O) groups is 1. The van der Waals surface area contributed by atoms with Crippen LogP contribution < -0.4 is 9.62 Å². The minimum absolute atomic E-state index is 0.0445. The van der Waals surface area contributed by atoms with Crippen molar-refractivity contribution < 1.29 is 17.6 Å². The van der Waals surface area contributed by atoms with Crippen LogP contribution in [0.3, 0.4) is 0 Å².